The van der Waals surface area contributed by atoms with Gasteiger partial charge in [0.1, 0.15) is 30.5 Å². The van der Waals surface area contributed by atoms with Crippen LogP contribution in [0.2, 0.25) is 0 Å². The molecule has 0 saturated carbocycles. The molecule has 1 aromatic rings. The molecule has 12 nitrogen and oxygen atoms in total. The number of carbonyl (C=O) groups is 4. The Morgan fingerprint density at radius 2 is 1.90 bits per heavy atom. The maximum Gasteiger partial charge on any atom is 0.329 e. The van der Waals surface area contributed by atoms with Gasteiger partial charge in [0, 0.05) is 56.1 Å². The van der Waals surface area contributed by atoms with Crippen molar-refractivity contribution in [1.82, 2.24) is 25.0 Å². The van der Waals surface area contributed by atoms with Crippen LogP contribution < -0.4 is 5.32 Å². The Labute approximate surface area is 284 Å². The molecule has 4 heterocycles. The summed E-state index contributed by atoms with van der Waals surface area (Å²) in [6, 6.07) is -0.234. The largest absolute Gasteiger partial charge is 0.460 e. The quantitative estimate of drug-likeness (QED) is 0.353. The molecule has 0 spiro atoms. The number of likely N-dealkylation sites (tertiary alicyclic amines) is 1. The molecule has 4 rings (SSSR count). The molecule has 12 heteroatoms. The first-order valence-corrected chi connectivity index (χ1v) is 17.2. The van der Waals surface area contributed by atoms with Gasteiger partial charge in [-0.2, -0.15) is 0 Å². The third kappa shape index (κ3) is 10.5. The van der Waals surface area contributed by atoms with E-state index in [-0.39, 0.29) is 42.0 Å². The molecule has 264 valence electrons. The molecular formula is C36H53N5O7. The van der Waals surface area contributed by atoms with Crippen LogP contribution in [0.1, 0.15) is 69.3 Å². The van der Waals surface area contributed by atoms with Crippen molar-refractivity contribution in [3.63, 3.8) is 0 Å². The van der Waals surface area contributed by atoms with Gasteiger partial charge in [-0.15, -0.1) is 0 Å². The Bertz CT molecular complexity index is 1360. The van der Waals surface area contributed by atoms with E-state index in [4.69, 9.17) is 9.15 Å². The average molecular weight is 668 g/mol. The van der Waals surface area contributed by atoms with E-state index in [0.29, 0.717) is 44.1 Å². The monoisotopic (exact) mass is 667 g/mol. The van der Waals surface area contributed by atoms with Gasteiger partial charge < -0.3 is 34.3 Å². The highest BCUT2D eigenvalue weighted by molar-refractivity contribution is 5.95. The van der Waals surface area contributed by atoms with Crippen molar-refractivity contribution in [1.29, 1.82) is 0 Å². The Hall–Kier alpha value is -3.45. The summed E-state index contributed by atoms with van der Waals surface area (Å²) in [5, 5.41) is 13.7. The Morgan fingerprint density at radius 3 is 2.60 bits per heavy atom. The SMILES string of the molecule is CC1=C[C@@H](O)CC(=O)Cc2nc(co2)C(=O)N2CCC[C@@H]2C(=O)O[C@H]([C@@H](C)CN2CCC(N(C)C)CC2)[C@H](C)/C=C(\C=O)CNCC=C1. The highest BCUT2D eigenvalue weighted by atomic mass is 16.5. The molecule has 2 bridgehead atoms. The lowest BCUT2D eigenvalue weighted by Gasteiger charge is -2.38. The number of amides is 1. The van der Waals surface area contributed by atoms with Gasteiger partial charge in [0.05, 0.1) is 12.5 Å². The van der Waals surface area contributed by atoms with Crippen molar-refractivity contribution < 1.29 is 33.4 Å². The number of oxazole rings is 1. The molecule has 48 heavy (non-hydrogen) atoms. The molecular weight excluding hydrogens is 614 g/mol. The fraction of sp³-hybridized carbons (Fsp3) is 0.639. The topological polar surface area (TPSA) is 146 Å². The molecule has 0 unspecified atom stereocenters. The molecule has 3 aliphatic rings. The van der Waals surface area contributed by atoms with Crippen molar-refractivity contribution in [2.24, 2.45) is 11.8 Å². The maximum absolute atomic E-state index is 13.8. The summed E-state index contributed by atoms with van der Waals surface area (Å²) in [5.74, 6) is -1.46. The first-order chi connectivity index (χ1) is 22.9. The van der Waals surface area contributed by atoms with E-state index >= 15 is 0 Å². The van der Waals surface area contributed by atoms with Crippen LogP contribution in [0.25, 0.3) is 0 Å². The predicted octanol–water partition coefficient (Wildman–Crippen LogP) is 2.58. The number of rotatable bonds is 5. The zero-order valence-electron chi connectivity index (χ0n) is 29.1. The van der Waals surface area contributed by atoms with Crippen LogP contribution in [0, 0.1) is 11.8 Å². The molecule has 5 atom stereocenters. The summed E-state index contributed by atoms with van der Waals surface area (Å²) in [4.78, 5) is 62.5. The van der Waals surface area contributed by atoms with E-state index in [1.54, 1.807) is 6.08 Å². The van der Waals surface area contributed by atoms with Crippen LogP contribution in [-0.2, 0) is 25.5 Å². The Kier molecular flexibility index (Phi) is 13.9. The van der Waals surface area contributed by atoms with Crippen LogP contribution in [0.4, 0.5) is 0 Å². The van der Waals surface area contributed by atoms with Gasteiger partial charge in [-0.05, 0) is 59.8 Å². The van der Waals surface area contributed by atoms with Crippen molar-refractivity contribution >= 4 is 23.9 Å². The predicted molar refractivity (Wildman–Crippen MR) is 181 cm³/mol. The van der Waals surface area contributed by atoms with Crippen LogP contribution in [0.5, 0.6) is 0 Å². The average Bonchev–Trinajstić information content (AvgIpc) is 3.72. The van der Waals surface area contributed by atoms with Crippen molar-refractivity contribution in [3.8, 4) is 0 Å². The van der Waals surface area contributed by atoms with E-state index in [0.717, 1.165) is 44.3 Å². The first kappa shape index (κ1) is 37.4. The number of aldehydes is 1. The van der Waals surface area contributed by atoms with Crippen LogP contribution in [0.15, 0.2) is 46.1 Å². The van der Waals surface area contributed by atoms with Gasteiger partial charge >= 0.3 is 5.97 Å². The van der Waals surface area contributed by atoms with Crippen LogP contribution in [0.3, 0.4) is 0 Å². The summed E-state index contributed by atoms with van der Waals surface area (Å²) in [6.45, 7) is 9.71. The Morgan fingerprint density at radius 1 is 1.15 bits per heavy atom. The van der Waals surface area contributed by atoms with Gasteiger partial charge in [-0.1, -0.05) is 43.7 Å². The number of cyclic esters (lactones) is 1. The Balaban J connectivity index is 1.58. The lowest BCUT2D eigenvalue weighted by atomic mass is 9.90. The minimum absolute atomic E-state index is 0.0165. The van der Waals surface area contributed by atoms with Gasteiger partial charge in [-0.25, -0.2) is 9.78 Å². The summed E-state index contributed by atoms with van der Waals surface area (Å²) >= 11 is 0. The lowest BCUT2D eigenvalue weighted by molar-refractivity contribution is -0.158. The molecule has 2 saturated heterocycles. The van der Waals surface area contributed by atoms with E-state index in [9.17, 15) is 24.3 Å². The van der Waals surface area contributed by atoms with E-state index < -0.39 is 30.1 Å². The zero-order chi connectivity index (χ0) is 34.8. The number of fused-ring (bicyclic) bond motifs is 3. The molecule has 2 N–H and O–H groups in total. The molecule has 1 amide bonds. The van der Waals surface area contributed by atoms with Crippen molar-refractivity contribution in [2.75, 3.05) is 53.4 Å². The second-order valence-electron chi connectivity index (χ2n) is 13.8. The number of esters is 1. The third-order valence-corrected chi connectivity index (χ3v) is 9.56. The highest BCUT2D eigenvalue weighted by Crippen LogP contribution is 2.27. The number of Topliss-reactive ketones (excluding diaryl/α,β-unsaturated/α-hetero) is 1. The van der Waals surface area contributed by atoms with E-state index in [1.807, 2.05) is 32.1 Å². The molecule has 0 aromatic carbocycles. The number of nitrogens with one attached hydrogen (secondary N) is 1. The smallest absolute Gasteiger partial charge is 0.329 e. The number of aliphatic hydroxyl groups excluding tert-OH is 1. The zero-order valence-corrected chi connectivity index (χ0v) is 29.1. The number of aliphatic hydroxyl groups is 1. The van der Waals surface area contributed by atoms with Gasteiger partial charge in [0.15, 0.2) is 5.69 Å². The number of nitrogens with zero attached hydrogens (tertiary/aromatic N) is 4. The maximum atomic E-state index is 13.8. The number of hydrogen-bond acceptors (Lipinski definition) is 11. The summed E-state index contributed by atoms with van der Waals surface area (Å²) in [5.41, 5.74) is 1.35. The van der Waals surface area contributed by atoms with Gasteiger partial charge in [0.25, 0.3) is 5.91 Å². The second-order valence-corrected chi connectivity index (χ2v) is 13.8. The third-order valence-electron chi connectivity index (χ3n) is 9.56. The number of ether oxygens (including phenoxy) is 1. The molecule has 1 aromatic heterocycles. The van der Waals surface area contributed by atoms with Crippen molar-refractivity contribution in [3.05, 3.63) is 53.3 Å². The number of ketones is 1. The fourth-order valence-electron chi connectivity index (χ4n) is 6.99. The first-order valence-electron chi connectivity index (χ1n) is 17.2. The molecule has 0 radical (unpaired) electrons. The summed E-state index contributed by atoms with van der Waals surface area (Å²) in [6.07, 6.45) is 10.6. The number of allylic oxidation sites excluding steroid dienone is 2. The second kappa shape index (κ2) is 17.8. The minimum Gasteiger partial charge on any atom is -0.460 e. The molecule has 0 aliphatic carbocycles. The summed E-state index contributed by atoms with van der Waals surface area (Å²) < 4.78 is 11.7. The minimum atomic E-state index is -0.990. The van der Waals surface area contributed by atoms with E-state index in [1.165, 1.54) is 11.2 Å². The number of piperidine rings is 1. The standard InChI is InChI=1S/C36H53N5O7/c1-24-8-6-12-37-20-27(22-42)17-25(2)34(26(3)21-40-14-10-28(11-15-40)39(4)5)48-36(46)32-9-7-13-41(32)35(45)31-23-47-33(38-31)19-30(44)18-29(43)16-24/h6,8,16-17,22-23,25-26,28-29,32,34,37,43H,7,9-15,18-21H2,1-5H3/b8-6?,24-16?,27-17-/t25-,26+,29-,32-,34+/m1/s1. The van der Waals surface area contributed by atoms with E-state index in [2.05, 4.69) is 41.1 Å². The molecule has 3 aliphatic heterocycles. The lowest BCUT2D eigenvalue weighted by Crippen LogP contribution is -2.47. The van der Waals surface area contributed by atoms with Crippen LogP contribution >= 0.6 is 0 Å². The normalized spacial score (nSPS) is 28.4. The number of carbonyl (C=O) groups excluding carboxylic acids is 4. The number of aromatic nitrogens is 1. The fourth-order valence-corrected chi connectivity index (χ4v) is 6.99. The van der Waals surface area contributed by atoms with Crippen LogP contribution in [-0.4, -0.2) is 126 Å². The highest BCUT2D eigenvalue weighted by Gasteiger charge is 2.39. The van der Waals surface area contributed by atoms with Crippen molar-refractivity contribution in [2.45, 2.75) is 83.6 Å². The molecule has 2 fully saturated rings. The van der Waals surface area contributed by atoms with Gasteiger partial charge in [0.2, 0.25) is 5.89 Å². The summed E-state index contributed by atoms with van der Waals surface area (Å²) in [7, 11) is 4.23. The number of hydrogen-bond donors (Lipinski definition) is 2. The van der Waals surface area contributed by atoms with Gasteiger partial charge in [-0.3, -0.25) is 14.4 Å².